The molecule has 1 aliphatic heterocycles. The molecule has 1 fully saturated rings. The highest BCUT2D eigenvalue weighted by Gasteiger charge is 2.31. The number of rotatable bonds is 7. The summed E-state index contributed by atoms with van der Waals surface area (Å²) in [5.41, 5.74) is 6.65. The number of nitrogens with zero attached hydrogens (tertiary/aromatic N) is 3. The Morgan fingerprint density at radius 3 is 2.24 bits per heavy atom. The van der Waals surface area contributed by atoms with E-state index in [9.17, 15) is 5.11 Å². The van der Waals surface area contributed by atoms with E-state index in [1.165, 1.54) is 22.3 Å². The van der Waals surface area contributed by atoms with E-state index in [0.717, 1.165) is 49.9 Å². The first-order valence-electron chi connectivity index (χ1n) is 13.6. The standard InChI is InChI=1S/C32H35N3O3/c1-37-30-15-14-29-28(11-6-16-33-29)32(30)38-22-25(36)21-34-17-19-35(20-18-34)31-26-9-4-2-7-23(26)12-13-24-8-3-5-10-27(24)31/h2-11,14-16,25,31,36H,12-13,17-22H2,1H3. The summed E-state index contributed by atoms with van der Waals surface area (Å²) >= 11 is 0. The number of hydrogen-bond donors (Lipinski definition) is 1. The lowest BCUT2D eigenvalue weighted by Gasteiger charge is -2.40. The maximum absolute atomic E-state index is 10.9. The van der Waals surface area contributed by atoms with Crippen LogP contribution in [0, 0.1) is 0 Å². The minimum Gasteiger partial charge on any atom is -0.493 e. The van der Waals surface area contributed by atoms with Crippen molar-refractivity contribution < 1.29 is 14.6 Å². The fourth-order valence-corrected chi connectivity index (χ4v) is 6.04. The highest BCUT2D eigenvalue weighted by atomic mass is 16.5. The molecule has 6 nitrogen and oxygen atoms in total. The normalized spacial score (nSPS) is 17.4. The number of β-amino-alcohol motifs (C(OH)–C–C–N with tert-alkyl or cyclic N) is 1. The number of fused-ring (bicyclic) bond motifs is 3. The second-order valence-electron chi connectivity index (χ2n) is 10.3. The Kier molecular flexibility index (Phi) is 7.27. The van der Waals surface area contributed by atoms with Crippen molar-refractivity contribution in [2.75, 3.05) is 46.4 Å². The fraction of sp³-hybridized carbons (Fsp3) is 0.344. The van der Waals surface area contributed by atoms with Gasteiger partial charge in [0.25, 0.3) is 0 Å². The van der Waals surface area contributed by atoms with Crippen LogP contribution in [0.4, 0.5) is 0 Å². The highest BCUT2D eigenvalue weighted by Crippen LogP contribution is 2.37. The summed E-state index contributed by atoms with van der Waals surface area (Å²) < 4.78 is 11.6. The summed E-state index contributed by atoms with van der Waals surface area (Å²) in [4.78, 5) is 9.38. The van der Waals surface area contributed by atoms with Crippen LogP contribution in [0.1, 0.15) is 28.3 Å². The number of methoxy groups -OCH3 is 1. The van der Waals surface area contributed by atoms with Gasteiger partial charge in [0.15, 0.2) is 11.5 Å². The predicted molar refractivity (Wildman–Crippen MR) is 150 cm³/mol. The summed E-state index contributed by atoms with van der Waals surface area (Å²) in [7, 11) is 1.63. The number of aliphatic hydroxyl groups is 1. The lowest BCUT2D eigenvalue weighted by atomic mass is 9.92. The van der Waals surface area contributed by atoms with Crippen molar-refractivity contribution in [3.8, 4) is 11.5 Å². The van der Waals surface area contributed by atoms with E-state index in [1.807, 2.05) is 24.3 Å². The van der Waals surface area contributed by atoms with E-state index in [-0.39, 0.29) is 12.6 Å². The largest absolute Gasteiger partial charge is 0.493 e. The molecule has 6 rings (SSSR count). The molecule has 1 atom stereocenters. The van der Waals surface area contributed by atoms with Gasteiger partial charge in [-0.15, -0.1) is 0 Å². The molecule has 38 heavy (non-hydrogen) atoms. The summed E-state index contributed by atoms with van der Waals surface area (Å²) in [5.74, 6) is 1.28. The van der Waals surface area contributed by atoms with Gasteiger partial charge in [0, 0.05) is 44.3 Å². The topological polar surface area (TPSA) is 58.1 Å². The molecule has 1 N–H and O–H groups in total. The molecule has 0 radical (unpaired) electrons. The molecule has 3 aromatic carbocycles. The van der Waals surface area contributed by atoms with Gasteiger partial charge in [-0.3, -0.25) is 14.8 Å². The van der Waals surface area contributed by atoms with Gasteiger partial charge in [-0.1, -0.05) is 48.5 Å². The van der Waals surface area contributed by atoms with Crippen molar-refractivity contribution in [3.63, 3.8) is 0 Å². The average Bonchev–Trinajstić information content (AvgIpc) is 3.13. The summed E-state index contributed by atoms with van der Waals surface area (Å²) in [5, 5.41) is 11.8. The first-order valence-corrected chi connectivity index (χ1v) is 13.6. The van der Waals surface area contributed by atoms with Gasteiger partial charge in [0.2, 0.25) is 0 Å². The van der Waals surface area contributed by atoms with E-state index in [2.05, 4.69) is 63.3 Å². The Bertz CT molecular complexity index is 1350. The maximum atomic E-state index is 10.9. The number of benzene rings is 3. The zero-order chi connectivity index (χ0) is 25.9. The third kappa shape index (κ3) is 4.99. The van der Waals surface area contributed by atoms with Crippen LogP contribution in [0.5, 0.6) is 11.5 Å². The van der Waals surface area contributed by atoms with Crippen molar-refractivity contribution in [1.29, 1.82) is 0 Å². The van der Waals surface area contributed by atoms with Crippen LogP contribution in [-0.2, 0) is 12.8 Å². The molecule has 0 spiro atoms. The zero-order valence-electron chi connectivity index (χ0n) is 21.9. The summed E-state index contributed by atoms with van der Waals surface area (Å²) in [6.07, 6.45) is 3.35. The van der Waals surface area contributed by atoms with Crippen LogP contribution in [-0.4, -0.2) is 72.4 Å². The summed E-state index contributed by atoms with van der Waals surface area (Å²) in [6.45, 7) is 4.54. The van der Waals surface area contributed by atoms with Gasteiger partial charge >= 0.3 is 0 Å². The fourth-order valence-electron chi connectivity index (χ4n) is 6.04. The minimum atomic E-state index is -0.600. The lowest BCUT2D eigenvalue weighted by Crippen LogP contribution is -2.50. The monoisotopic (exact) mass is 509 g/mol. The van der Waals surface area contributed by atoms with E-state index < -0.39 is 6.10 Å². The maximum Gasteiger partial charge on any atom is 0.170 e. The molecule has 196 valence electrons. The van der Waals surface area contributed by atoms with E-state index in [0.29, 0.717) is 18.0 Å². The molecule has 1 saturated heterocycles. The second-order valence-corrected chi connectivity index (χ2v) is 10.3. The number of aromatic nitrogens is 1. The van der Waals surface area contributed by atoms with Crippen LogP contribution >= 0.6 is 0 Å². The SMILES string of the molecule is COc1ccc2ncccc2c1OCC(O)CN1CCN(C2c3ccccc3CCc3ccccc32)CC1. The Morgan fingerprint density at radius 1 is 0.868 bits per heavy atom. The number of aliphatic hydroxyl groups excluding tert-OH is 1. The smallest absolute Gasteiger partial charge is 0.170 e. The van der Waals surface area contributed by atoms with Gasteiger partial charge in [-0.25, -0.2) is 0 Å². The van der Waals surface area contributed by atoms with Crippen molar-refractivity contribution in [1.82, 2.24) is 14.8 Å². The van der Waals surface area contributed by atoms with Crippen molar-refractivity contribution >= 4 is 10.9 Å². The Labute approximate surface area is 224 Å². The molecule has 0 saturated carbocycles. The van der Waals surface area contributed by atoms with Gasteiger partial charge in [-0.2, -0.15) is 0 Å². The number of piperazine rings is 1. The molecule has 1 unspecified atom stereocenters. The Morgan fingerprint density at radius 2 is 1.55 bits per heavy atom. The van der Waals surface area contributed by atoms with Crippen molar-refractivity contribution in [3.05, 3.63) is 101 Å². The van der Waals surface area contributed by atoms with Gasteiger partial charge in [0.05, 0.1) is 18.7 Å². The number of aryl methyl sites for hydroxylation is 2. The van der Waals surface area contributed by atoms with Crippen molar-refractivity contribution in [2.24, 2.45) is 0 Å². The molecule has 2 aliphatic rings. The van der Waals surface area contributed by atoms with Gasteiger partial charge in [0.1, 0.15) is 12.7 Å². The lowest BCUT2D eigenvalue weighted by molar-refractivity contribution is 0.0398. The molecule has 4 aromatic rings. The number of pyridine rings is 1. The van der Waals surface area contributed by atoms with E-state index >= 15 is 0 Å². The average molecular weight is 510 g/mol. The molecule has 0 bridgehead atoms. The summed E-state index contributed by atoms with van der Waals surface area (Å²) in [6, 6.07) is 25.8. The number of hydrogen-bond acceptors (Lipinski definition) is 6. The van der Waals surface area contributed by atoms with Crippen LogP contribution in [0.3, 0.4) is 0 Å². The van der Waals surface area contributed by atoms with E-state index in [1.54, 1.807) is 13.3 Å². The third-order valence-electron chi connectivity index (χ3n) is 7.94. The molecular formula is C32H35N3O3. The minimum absolute atomic E-state index is 0.202. The molecule has 6 heteroatoms. The number of ether oxygens (including phenoxy) is 2. The molecule has 1 aromatic heterocycles. The first kappa shape index (κ1) is 24.9. The quantitative estimate of drug-likeness (QED) is 0.396. The molecule has 0 amide bonds. The predicted octanol–water partition coefficient (Wildman–Crippen LogP) is 4.49. The zero-order valence-corrected chi connectivity index (χ0v) is 21.9. The van der Waals surface area contributed by atoms with Crippen LogP contribution < -0.4 is 9.47 Å². The second kappa shape index (κ2) is 11.1. The van der Waals surface area contributed by atoms with Crippen LogP contribution in [0.2, 0.25) is 0 Å². The first-order chi connectivity index (χ1) is 18.7. The van der Waals surface area contributed by atoms with Crippen LogP contribution in [0.15, 0.2) is 79.0 Å². The van der Waals surface area contributed by atoms with Gasteiger partial charge < -0.3 is 14.6 Å². The Balaban J connectivity index is 1.11. The Hall–Kier alpha value is -3.45. The van der Waals surface area contributed by atoms with Crippen LogP contribution in [0.25, 0.3) is 10.9 Å². The molecular weight excluding hydrogens is 474 g/mol. The molecule has 1 aliphatic carbocycles. The highest BCUT2D eigenvalue weighted by molar-refractivity contribution is 5.87. The van der Waals surface area contributed by atoms with Gasteiger partial charge in [-0.05, 0) is 59.4 Å². The third-order valence-corrected chi connectivity index (χ3v) is 7.94. The van der Waals surface area contributed by atoms with Crippen molar-refractivity contribution in [2.45, 2.75) is 25.0 Å². The molecule has 2 heterocycles. The van der Waals surface area contributed by atoms with E-state index in [4.69, 9.17) is 9.47 Å².